The number of hydrogen-bond acceptors (Lipinski definition) is 3. The van der Waals surface area contributed by atoms with Gasteiger partial charge in [0, 0.05) is 18.5 Å². The molecule has 0 saturated carbocycles. The lowest BCUT2D eigenvalue weighted by atomic mass is 10.3. The van der Waals surface area contributed by atoms with E-state index in [1.165, 1.54) is 17.8 Å². The number of rotatable bonds is 2. The zero-order valence-electron chi connectivity index (χ0n) is 7.55. The van der Waals surface area contributed by atoms with Gasteiger partial charge in [0.2, 0.25) is 0 Å². The summed E-state index contributed by atoms with van der Waals surface area (Å²) >= 11 is 0. The first-order valence-corrected chi connectivity index (χ1v) is 4.16. The van der Waals surface area contributed by atoms with Crippen molar-refractivity contribution in [3.63, 3.8) is 0 Å². The molecule has 1 atom stereocenters. The second-order valence-corrected chi connectivity index (χ2v) is 2.75. The lowest BCUT2D eigenvalue weighted by molar-refractivity contribution is 0.357. The summed E-state index contributed by atoms with van der Waals surface area (Å²) in [5, 5.41) is 3.90. The van der Waals surface area contributed by atoms with Crippen LogP contribution in [0.15, 0.2) is 24.7 Å². The van der Waals surface area contributed by atoms with Crippen LogP contribution in [0.25, 0.3) is 5.95 Å². The Balaban J connectivity index is 2.47. The molecule has 1 radical (unpaired) electrons. The number of hydrogen-bond donors (Lipinski definition) is 0. The van der Waals surface area contributed by atoms with E-state index in [9.17, 15) is 4.39 Å². The molecule has 71 valence electrons. The summed E-state index contributed by atoms with van der Waals surface area (Å²) < 4.78 is 14.4. The van der Waals surface area contributed by atoms with Crippen LogP contribution in [0.3, 0.4) is 0 Å². The standard InChI is InChI=1S/C9H8FN4/c1-7(10)8-3-6-13-14(8)9-11-4-2-5-12-9/h2,4-7H,1H3. The molecule has 2 aromatic rings. The second-order valence-electron chi connectivity index (χ2n) is 2.75. The van der Waals surface area contributed by atoms with E-state index in [4.69, 9.17) is 0 Å². The Bertz CT molecular complexity index is 410. The summed E-state index contributed by atoms with van der Waals surface area (Å²) in [6, 6.07) is 4.39. The fourth-order valence-corrected chi connectivity index (χ4v) is 1.12. The van der Waals surface area contributed by atoms with Crippen molar-refractivity contribution in [3.05, 3.63) is 36.4 Å². The molecule has 0 aromatic carbocycles. The summed E-state index contributed by atoms with van der Waals surface area (Å²) in [5.74, 6) is 0.355. The average Bonchev–Trinajstić information content (AvgIpc) is 2.67. The Hall–Kier alpha value is -1.78. The molecule has 1 unspecified atom stereocenters. The third-order valence-corrected chi connectivity index (χ3v) is 1.73. The van der Waals surface area contributed by atoms with Crippen molar-refractivity contribution in [1.29, 1.82) is 0 Å². The highest BCUT2D eigenvalue weighted by atomic mass is 19.1. The average molecular weight is 191 g/mol. The molecule has 0 spiro atoms. The lowest BCUT2D eigenvalue weighted by Gasteiger charge is -2.04. The molecule has 2 rings (SSSR count). The molecule has 0 aliphatic rings. The van der Waals surface area contributed by atoms with Gasteiger partial charge in [0.25, 0.3) is 5.95 Å². The van der Waals surface area contributed by atoms with E-state index in [1.807, 2.05) is 0 Å². The van der Waals surface area contributed by atoms with Gasteiger partial charge in [0.15, 0.2) is 0 Å². The van der Waals surface area contributed by atoms with Crippen LogP contribution in [0.2, 0.25) is 0 Å². The van der Waals surface area contributed by atoms with Gasteiger partial charge in [0.05, 0.1) is 11.9 Å². The third-order valence-electron chi connectivity index (χ3n) is 1.73. The molecule has 0 fully saturated rings. The lowest BCUT2D eigenvalue weighted by Crippen LogP contribution is -2.06. The van der Waals surface area contributed by atoms with Crippen molar-refractivity contribution in [2.75, 3.05) is 0 Å². The fourth-order valence-electron chi connectivity index (χ4n) is 1.12. The first-order valence-electron chi connectivity index (χ1n) is 4.16. The molecular formula is C9H8FN4. The Kier molecular flexibility index (Phi) is 2.22. The van der Waals surface area contributed by atoms with E-state index in [1.54, 1.807) is 18.5 Å². The molecule has 5 heteroatoms. The van der Waals surface area contributed by atoms with Gasteiger partial charge in [0.1, 0.15) is 6.17 Å². The van der Waals surface area contributed by atoms with Crippen molar-refractivity contribution in [2.24, 2.45) is 0 Å². The minimum atomic E-state index is -1.14. The molecule has 0 saturated heterocycles. The Morgan fingerprint density at radius 3 is 2.79 bits per heavy atom. The van der Waals surface area contributed by atoms with Crippen molar-refractivity contribution in [1.82, 2.24) is 19.7 Å². The van der Waals surface area contributed by atoms with Gasteiger partial charge >= 0.3 is 0 Å². The quantitative estimate of drug-likeness (QED) is 0.722. The minimum Gasteiger partial charge on any atom is -0.241 e. The monoisotopic (exact) mass is 191 g/mol. The highest BCUT2D eigenvalue weighted by molar-refractivity contribution is 5.15. The number of halogens is 1. The molecular weight excluding hydrogens is 183 g/mol. The maximum absolute atomic E-state index is 13.1. The van der Waals surface area contributed by atoms with Gasteiger partial charge in [-0.3, -0.25) is 0 Å². The van der Waals surface area contributed by atoms with E-state index < -0.39 is 6.17 Å². The second kappa shape index (κ2) is 3.53. The summed E-state index contributed by atoms with van der Waals surface area (Å²) in [6.45, 7) is 1.42. The van der Waals surface area contributed by atoms with Gasteiger partial charge in [-0.25, -0.2) is 14.4 Å². The molecule has 14 heavy (non-hydrogen) atoms. The predicted octanol–water partition coefficient (Wildman–Crippen LogP) is 1.49. The SMILES string of the molecule is CC(F)c1[c]cnn1-c1ncccn1. The van der Waals surface area contributed by atoms with Gasteiger partial charge in [-0.05, 0) is 13.0 Å². The van der Waals surface area contributed by atoms with Gasteiger partial charge in [-0.1, -0.05) is 0 Å². The zero-order valence-corrected chi connectivity index (χ0v) is 7.55. The zero-order chi connectivity index (χ0) is 9.97. The Labute approximate surface area is 80.4 Å². The first-order chi connectivity index (χ1) is 6.79. The summed E-state index contributed by atoms with van der Waals surface area (Å²) in [7, 11) is 0. The number of nitrogens with zero attached hydrogens (tertiary/aromatic N) is 4. The maximum atomic E-state index is 13.1. The predicted molar refractivity (Wildman–Crippen MR) is 47.5 cm³/mol. The van der Waals surface area contributed by atoms with E-state index in [2.05, 4.69) is 21.1 Å². The normalized spacial score (nSPS) is 12.7. The fraction of sp³-hybridized carbons (Fsp3) is 0.222. The van der Waals surface area contributed by atoms with E-state index in [0.717, 1.165) is 0 Å². The number of alkyl halides is 1. The van der Waals surface area contributed by atoms with Crippen LogP contribution in [-0.4, -0.2) is 19.7 Å². The molecule has 2 aromatic heterocycles. The summed E-state index contributed by atoms with van der Waals surface area (Å²) in [6.07, 6.45) is 3.43. The van der Waals surface area contributed by atoms with Gasteiger partial charge in [-0.2, -0.15) is 9.78 Å². The largest absolute Gasteiger partial charge is 0.250 e. The van der Waals surface area contributed by atoms with Gasteiger partial charge in [-0.15, -0.1) is 0 Å². The topological polar surface area (TPSA) is 43.6 Å². The molecule has 0 aliphatic heterocycles. The molecule has 0 aliphatic carbocycles. The van der Waals surface area contributed by atoms with Crippen LogP contribution >= 0.6 is 0 Å². The van der Waals surface area contributed by atoms with Crippen molar-refractivity contribution < 1.29 is 4.39 Å². The van der Waals surface area contributed by atoms with E-state index in [0.29, 0.717) is 11.6 Å². The summed E-state index contributed by atoms with van der Waals surface area (Å²) in [5.41, 5.74) is 0.330. The van der Waals surface area contributed by atoms with E-state index >= 15 is 0 Å². The van der Waals surface area contributed by atoms with Crippen molar-refractivity contribution >= 4 is 0 Å². The van der Waals surface area contributed by atoms with Crippen LogP contribution < -0.4 is 0 Å². The highest BCUT2D eigenvalue weighted by Gasteiger charge is 2.12. The Morgan fingerprint density at radius 1 is 1.43 bits per heavy atom. The smallest absolute Gasteiger partial charge is 0.241 e. The maximum Gasteiger partial charge on any atom is 0.250 e. The third kappa shape index (κ3) is 1.48. The van der Waals surface area contributed by atoms with Gasteiger partial charge < -0.3 is 0 Å². The molecule has 0 bridgehead atoms. The van der Waals surface area contributed by atoms with Crippen molar-refractivity contribution in [3.8, 4) is 5.95 Å². The number of aromatic nitrogens is 4. The molecule has 0 amide bonds. The molecule has 2 heterocycles. The first kappa shape index (κ1) is 8.80. The van der Waals surface area contributed by atoms with Crippen LogP contribution in [-0.2, 0) is 0 Å². The van der Waals surface area contributed by atoms with Crippen LogP contribution in [0.4, 0.5) is 4.39 Å². The van der Waals surface area contributed by atoms with Crippen LogP contribution in [0, 0.1) is 6.07 Å². The molecule has 0 N–H and O–H groups in total. The minimum absolute atomic E-state index is 0.330. The molecule has 4 nitrogen and oxygen atoms in total. The Morgan fingerprint density at radius 2 is 2.14 bits per heavy atom. The van der Waals surface area contributed by atoms with Crippen LogP contribution in [0.1, 0.15) is 18.8 Å². The van der Waals surface area contributed by atoms with Crippen molar-refractivity contribution in [2.45, 2.75) is 13.1 Å². The van der Waals surface area contributed by atoms with E-state index in [-0.39, 0.29) is 0 Å². The van der Waals surface area contributed by atoms with Crippen LogP contribution in [0.5, 0.6) is 0 Å². The highest BCUT2D eigenvalue weighted by Crippen LogP contribution is 2.16. The summed E-state index contributed by atoms with van der Waals surface area (Å²) in [4.78, 5) is 7.93.